The molecule has 0 saturated heterocycles. The molecular weight excluding hydrogens is 247 g/mol. The number of carbonyl (C=O) groups excluding carboxylic acids is 1. The van der Waals surface area contributed by atoms with E-state index >= 15 is 0 Å². The van der Waals surface area contributed by atoms with Crippen molar-refractivity contribution in [1.82, 2.24) is 15.1 Å². The van der Waals surface area contributed by atoms with E-state index in [1.165, 1.54) is 0 Å². The molecule has 1 amide bonds. The van der Waals surface area contributed by atoms with Crippen molar-refractivity contribution < 1.29 is 18.0 Å². The lowest BCUT2D eigenvalue weighted by molar-refractivity contribution is -0.141. The molecule has 0 fully saturated rings. The number of alkyl halides is 3. The summed E-state index contributed by atoms with van der Waals surface area (Å²) in [6.07, 6.45) is -1.57. The number of hydrogen-bond donors (Lipinski definition) is 1. The molecule has 18 heavy (non-hydrogen) atoms. The van der Waals surface area contributed by atoms with Crippen molar-refractivity contribution in [3.8, 4) is 0 Å². The summed E-state index contributed by atoms with van der Waals surface area (Å²) in [5.41, 5.74) is -0.989. The van der Waals surface area contributed by atoms with Gasteiger partial charge in [-0.3, -0.25) is 9.48 Å². The topological polar surface area (TPSA) is 46.9 Å². The van der Waals surface area contributed by atoms with Gasteiger partial charge in [0.1, 0.15) is 6.54 Å². The minimum Gasteiger partial charge on any atom is -0.352 e. The number of carbonyl (C=O) groups is 1. The summed E-state index contributed by atoms with van der Waals surface area (Å²) >= 11 is 0. The van der Waals surface area contributed by atoms with E-state index in [9.17, 15) is 18.0 Å². The van der Waals surface area contributed by atoms with Crippen LogP contribution in [-0.4, -0.2) is 21.7 Å². The molecule has 1 aromatic heterocycles. The molecule has 0 saturated carbocycles. The average molecular weight is 263 g/mol. The van der Waals surface area contributed by atoms with Gasteiger partial charge < -0.3 is 5.32 Å². The monoisotopic (exact) mass is 263 g/mol. The summed E-state index contributed by atoms with van der Waals surface area (Å²) in [5, 5.41) is 6.00. The molecule has 4 nitrogen and oxygen atoms in total. The average Bonchev–Trinajstić information content (AvgIpc) is 2.65. The molecule has 0 aliphatic heterocycles. The van der Waals surface area contributed by atoms with Gasteiger partial charge in [0.2, 0.25) is 5.91 Å². The number of halogens is 3. The first-order chi connectivity index (χ1) is 8.32. The second-order valence-corrected chi connectivity index (χ2v) is 4.15. The molecule has 1 unspecified atom stereocenters. The highest BCUT2D eigenvalue weighted by molar-refractivity contribution is 5.75. The molecule has 0 aliphatic rings. The van der Waals surface area contributed by atoms with Crippen molar-refractivity contribution in [2.75, 3.05) is 0 Å². The van der Waals surface area contributed by atoms with Gasteiger partial charge in [-0.25, -0.2) is 0 Å². The summed E-state index contributed by atoms with van der Waals surface area (Å²) in [6.45, 7) is 3.64. The Morgan fingerprint density at radius 3 is 2.72 bits per heavy atom. The van der Waals surface area contributed by atoms with Crippen LogP contribution in [-0.2, 0) is 17.5 Å². The second-order valence-electron chi connectivity index (χ2n) is 4.15. The van der Waals surface area contributed by atoms with Crippen molar-refractivity contribution in [3.05, 3.63) is 18.0 Å². The predicted octanol–water partition coefficient (Wildman–Crippen LogP) is 2.21. The van der Waals surface area contributed by atoms with Crippen molar-refractivity contribution in [3.63, 3.8) is 0 Å². The number of aromatic nitrogens is 2. The summed E-state index contributed by atoms with van der Waals surface area (Å²) in [6, 6.07) is 0.864. The van der Waals surface area contributed by atoms with Crippen LogP contribution in [0, 0.1) is 0 Å². The lowest BCUT2D eigenvalue weighted by Gasteiger charge is -2.12. The fourth-order valence-corrected chi connectivity index (χ4v) is 1.57. The zero-order valence-electron chi connectivity index (χ0n) is 10.3. The molecule has 1 N–H and O–H groups in total. The SMILES string of the molecule is CCCC(C)NC(=O)Cn1ccc(C(F)(F)F)n1. The maximum absolute atomic E-state index is 12.3. The third kappa shape index (κ3) is 4.38. The minimum atomic E-state index is -4.47. The summed E-state index contributed by atoms with van der Waals surface area (Å²) in [4.78, 5) is 11.5. The van der Waals surface area contributed by atoms with E-state index in [-0.39, 0.29) is 18.5 Å². The molecule has 7 heteroatoms. The minimum absolute atomic E-state index is 0.0140. The van der Waals surface area contributed by atoms with Gasteiger partial charge >= 0.3 is 6.18 Å². The van der Waals surface area contributed by atoms with E-state index < -0.39 is 11.9 Å². The first-order valence-electron chi connectivity index (χ1n) is 5.73. The fraction of sp³-hybridized carbons (Fsp3) is 0.636. The maximum atomic E-state index is 12.3. The van der Waals surface area contributed by atoms with Crippen LogP contribution in [0.4, 0.5) is 13.2 Å². The van der Waals surface area contributed by atoms with Crippen LogP contribution >= 0.6 is 0 Å². The standard InChI is InChI=1S/C11H16F3N3O/c1-3-4-8(2)15-10(18)7-17-6-5-9(16-17)11(12,13)14/h5-6,8H,3-4,7H2,1-2H3,(H,15,18). The molecular formula is C11H16F3N3O. The van der Waals surface area contributed by atoms with Crippen LogP contribution in [0.1, 0.15) is 32.4 Å². The summed E-state index contributed by atoms with van der Waals surface area (Å²) < 4.78 is 37.8. The van der Waals surface area contributed by atoms with Crippen molar-refractivity contribution in [2.24, 2.45) is 0 Å². The van der Waals surface area contributed by atoms with Crippen LogP contribution in [0.3, 0.4) is 0 Å². The predicted molar refractivity (Wildman–Crippen MR) is 59.7 cm³/mol. The first kappa shape index (κ1) is 14.5. The van der Waals surface area contributed by atoms with Gasteiger partial charge in [0, 0.05) is 12.2 Å². The number of rotatable bonds is 5. The maximum Gasteiger partial charge on any atom is 0.435 e. The van der Waals surface area contributed by atoms with E-state index in [2.05, 4.69) is 10.4 Å². The molecule has 1 atom stereocenters. The largest absolute Gasteiger partial charge is 0.435 e. The van der Waals surface area contributed by atoms with Gasteiger partial charge in [0.05, 0.1) is 0 Å². The van der Waals surface area contributed by atoms with Crippen molar-refractivity contribution in [2.45, 2.75) is 45.5 Å². The highest BCUT2D eigenvalue weighted by Crippen LogP contribution is 2.27. The Labute approximate surface area is 103 Å². The van der Waals surface area contributed by atoms with E-state index in [0.717, 1.165) is 29.8 Å². The van der Waals surface area contributed by atoms with Crippen LogP contribution in [0.2, 0.25) is 0 Å². The molecule has 1 heterocycles. The molecule has 0 spiro atoms. The number of nitrogens with one attached hydrogen (secondary N) is 1. The van der Waals surface area contributed by atoms with Gasteiger partial charge in [0.15, 0.2) is 5.69 Å². The van der Waals surface area contributed by atoms with Crippen LogP contribution in [0.15, 0.2) is 12.3 Å². The Hall–Kier alpha value is -1.53. The van der Waals surface area contributed by atoms with Gasteiger partial charge in [-0.1, -0.05) is 13.3 Å². The van der Waals surface area contributed by atoms with Crippen molar-refractivity contribution in [1.29, 1.82) is 0 Å². The van der Waals surface area contributed by atoms with E-state index in [1.807, 2.05) is 13.8 Å². The second kappa shape index (κ2) is 5.88. The lowest BCUT2D eigenvalue weighted by atomic mass is 10.2. The highest BCUT2D eigenvalue weighted by atomic mass is 19.4. The van der Waals surface area contributed by atoms with E-state index in [1.54, 1.807) is 0 Å². The molecule has 1 aromatic rings. The van der Waals surface area contributed by atoms with E-state index in [4.69, 9.17) is 0 Å². The number of nitrogens with zero attached hydrogens (tertiary/aromatic N) is 2. The normalized spacial score (nSPS) is 13.4. The molecule has 0 bridgehead atoms. The third-order valence-corrected chi connectivity index (χ3v) is 2.37. The lowest BCUT2D eigenvalue weighted by Crippen LogP contribution is -2.35. The fourth-order valence-electron chi connectivity index (χ4n) is 1.57. The number of hydrogen-bond acceptors (Lipinski definition) is 2. The first-order valence-corrected chi connectivity index (χ1v) is 5.73. The zero-order chi connectivity index (χ0) is 13.8. The molecule has 0 aromatic carbocycles. The highest BCUT2D eigenvalue weighted by Gasteiger charge is 2.33. The van der Waals surface area contributed by atoms with E-state index in [0.29, 0.717) is 0 Å². The molecule has 1 rings (SSSR count). The third-order valence-electron chi connectivity index (χ3n) is 2.37. The Morgan fingerprint density at radius 1 is 1.56 bits per heavy atom. The summed E-state index contributed by atoms with van der Waals surface area (Å²) in [7, 11) is 0. The van der Waals surface area contributed by atoms with Crippen LogP contribution in [0.5, 0.6) is 0 Å². The summed E-state index contributed by atoms with van der Waals surface area (Å²) in [5.74, 6) is -0.340. The van der Waals surface area contributed by atoms with Gasteiger partial charge in [-0.2, -0.15) is 18.3 Å². The van der Waals surface area contributed by atoms with Gasteiger partial charge in [-0.05, 0) is 19.4 Å². The smallest absolute Gasteiger partial charge is 0.352 e. The molecule has 102 valence electrons. The van der Waals surface area contributed by atoms with Gasteiger partial charge in [0.25, 0.3) is 0 Å². The molecule has 0 radical (unpaired) electrons. The number of amides is 1. The Kier molecular flexibility index (Phi) is 4.75. The Balaban J connectivity index is 2.52. The van der Waals surface area contributed by atoms with Crippen LogP contribution < -0.4 is 5.32 Å². The quantitative estimate of drug-likeness (QED) is 0.885. The Bertz CT molecular complexity index is 400. The van der Waals surface area contributed by atoms with Crippen molar-refractivity contribution >= 4 is 5.91 Å². The zero-order valence-corrected chi connectivity index (χ0v) is 10.3. The molecule has 0 aliphatic carbocycles. The van der Waals surface area contributed by atoms with Gasteiger partial charge in [-0.15, -0.1) is 0 Å². The Morgan fingerprint density at radius 2 is 2.22 bits per heavy atom. The van der Waals surface area contributed by atoms with Crippen LogP contribution in [0.25, 0.3) is 0 Å².